The lowest BCUT2D eigenvalue weighted by molar-refractivity contribution is 0.102. The molecule has 0 saturated carbocycles. The van der Waals surface area contributed by atoms with E-state index in [1.807, 2.05) is 0 Å². The summed E-state index contributed by atoms with van der Waals surface area (Å²) in [5, 5.41) is 11.9. The second-order valence-corrected chi connectivity index (χ2v) is 5.10. The second kappa shape index (κ2) is 5.59. The Balaban J connectivity index is 2.22. The monoisotopic (exact) mass is 343 g/mol. The lowest BCUT2D eigenvalue weighted by atomic mass is 10.2. The van der Waals surface area contributed by atoms with Crippen molar-refractivity contribution < 1.29 is 14.3 Å². The molecule has 0 bridgehead atoms. The van der Waals surface area contributed by atoms with Gasteiger partial charge in [-0.25, -0.2) is 4.39 Å². The van der Waals surface area contributed by atoms with Crippen LogP contribution in [0.1, 0.15) is 10.4 Å². The van der Waals surface area contributed by atoms with Gasteiger partial charge in [0.25, 0.3) is 5.91 Å². The van der Waals surface area contributed by atoms with E-state index in [1.54, 1.807) is 0 Å². The average Bonchev–Trinajstić information content (AvgIpc) is 2.32. The zero-order valence-corrected chi connectivity index (χ0v) is 11.8. The summed E-state index contributed by atoms with van der Waals surface area (Å²) in [5.74, 6) is -1.06. The van der Waals surface area contributed by atoms with Gasteiger partial charge in [-0.3, -0.25) is 4.79 Å². The van der Waals surface area contributed by atoms with Gasteiger partial charge in [0.1, 0.15) is 11.6 Å². The molecule has 2 aromatic rings. The molecule has 1 amide bonds. The van der Waals surface area contributed by atoms with E-state index in [0.717, 1.165) is 6.07 Å². The predicted molar refractivity (Wildman–Crippen MR) is 75.2 cm³/mol. The molecule has 0 spiro atoms. The fraction of sp³-hybridized carbons (Fsp3) is 0. The number of carbonyl (C=O) groups is 1. The first kappa shape index (κ1) is 13.8. The number of benzene rings is 2. The SMILES string of the molecule is O=C(Nc1ccc(O)c(Cl)c1)c1cc(F)cc(Br)c1. The number of amides is 1. The zero-order valence-electron chi connectivity index (χ0n) is 9.45. The van der Waals surface area contributed by atoms with E-state index in [-0.39, 0.29) is 16.3 Å². The molecule has 2 aromatic carbocycles. The third kappa shape index (κ3) is 3.45. The van der Waals surface area contributed by atoms with E-state index in [0.29, 0.717) is 10.2 Å². The number of halogens is 3. The Labute approximate surface area is 122 Å². The zero-order chi connectivity index (χ0) is 14.0. The van der Waals surface area contributed by atoms with Crippen LogP contribution in [0.2, 0.25) is 5.02 Å². The topological polar surface area (TPSA) is 49.3 Å². The highest BCUT2D eigenvalue weighted by Gasteiger charge is 2.09. The lowest BCUT2D eigenvalue weighted by Gasteiger charge is -2.07. The summed E-state index contributed by atoms with van der Waals surface area (Å²) in [4.78, 5) is 11.9. The Kier molecular flexibility index (Phi) is 4.07. The van der Waals surface area contributed by atoms with Gasteiger partial charge in [0, 0.05) is 15.7 Å². The van der Waals surface area contributed by atoms with Crippen molar-refractivity contribution in [1.82, 2.24) is 0 Å². The number of hydrogen-bond acceptors (Lipinski definition) is 2. The van der Waals surface area contributed by atoms with Gasteiger partial charge < -0.3 is 10.4 Å². The standard InChI is InChI=1S/C13H8BrClFNO2/c14-8-3-7(4-9(16)5-8)13(19)17-10-1-2-12(18)11(15)6-10/h1-6,18H,(H,17,19). The molecule has 0 aliphatic rings. The van der Waals surface area contributed by atoms with Crippen LogP contribution in [0.15, 0.2) is 40.9 Å². The predicted octanol–water partition coefficient (Wildman–Crippen LogP) is 4.20. The average molecular weight is 345 g/mol. The number of hydrogen-bond donors (Lipinski definition) is 2. The Morgan fingerprint density at radius 3 is 2.63 bits per heavy atom. The smallest absolute Gasteiger partial charge is 0.255 e. The Morgan fingerprint density at radius 1 is 1.26 bits per heavy atom. The quantitative estimate of drug-likeness (QED) is 0.802. The van der Waals surface area contributed by atoms with Crippen LogP contribution in [0.25, 0.3) is 0 Å². The van der Waals surface area contributed by atoms with Crippen LogP contribution in [0, 0.1) is 5.82 Å². The van der Waals surface area contributed by atoms with Crippen LogP contribution in [-0.4, -0.2) is 11.0 Å². The summed E-state index contributed by atoms with van der Waals surface area (Å²) in [6.07, 6.45) is 0. The minimum atomic E-state index is -0.511. The molecule has 98 valence electrons. The van der Waals surface area contributed by atoms with Gasteiger partial charge in [-0.15, -0.1) is 0 Å². The minimum absolute atomic E-state index is 0.0758. The fourth-order valence-electron chi connectivity index (χ4n) is 1.47. The Hall–Kier alpha value is -1.59. The number of anilines is 1. The van der Waals surface area contributed by atoms with Crippen LogP contribution >= 0.6 is 27.5 Å². The van der Waals surface area contributed by atoms with Crippen LogP contribution in [-0.2, 0) is 0 Å². The molecule has 6 heteroatoms. The molecule has 0 aliphatic carbocycles. The first-order valence-corrected chi connectivity index (χ1v) is 6.39. The van der Waals surface area contributed by atoms with Crippen molar-refractivity contribution in [2.24, 2.45) is 0 Å². The molecule has 0 fully saturated rings. The highest BCUT2D eigenvalue weighted by Crippen LogP contribution is 2.26. The van der Waals surface area contributed by atoms with Crippen molar-refractivity contribution in [1.29, 1.82) is 0 Å². The van der Waals surface area contributed by atoms with E-state index in [9.17, 15) is 14.3 Å². The van der Waals surface area contributed by atoms with Gasteiger partial charge in [0.05, 0.1) is 5.02 Å². The van der Waals surface area contributed by atoms with Gasteiger partial charge in [0.2, 0.25) is 0 Å². The molecule has 0 unspecified atom stereocenters. The lowest BCUT2D eigenvalue weighted by Crippen LogP contribution is -2.12. The highest BCUT2D eigenvalue weighted by atomic mass is 79.9. The Bertz CT molecular complexity index is 628. The molecule has 3 nitrogen and oxygen atoms in total. The van der Waals surface area contributed by atoms with E-state index in [1.165, 1.54) is 30.3 Å². The van der Waals surface area contributed by atoms with E-state index in [2.05, 4.69) is 21.2 Å². The summed E-state index contributed by atoms with van der Waals surface area (Å²) in [6.45, 7) is 0. The van der Waals surface area contributed by atoms with E-state index >= 15 is 0 Å². The highest BCUT2D eigenvalue weighted by molar-refractivity contribution is 9.10. The molecule has 2 N–H and O–H groups in total. The summed E-state index contributed by atoms with van der Waals surface area (Å²) in [6, 6.07) is 8.15. The number of aromatic hydroxyl groups is 1. The molecule has 0 heterocycles. The van der Waals surface area contributed by atoms with Crippen molar-refractivity contribution in [3.8, 4) is 5.75 Å². The number of phenolic OH excluding ortho intramolecular Hbond substituents is 1. The second-order valence-electron chi connectivity index (χ2n) is 3.78. The van der Waals surface area contributed by atoms with Crippen molar-refractivity contribution in [2.45, 2.75) is 0 Å². The first-order valence-electron chi connectivity index (χ1n) is 5.21. The molecule has 0 saturated heterocycles. The maximum atomic E-state index is 13.2. The van der Waals surface area contributed by atoms with Gasteiger partial charge >= 0.3 is 0 Å². The molecular formula is C13H8BrClFNO2. The van der Waals surface area contributed by atoms with Gasteiger partial charge in [0.15, 0.2) is 0 Å². The van der Waals surface area contributed by atoms with E-state index < -0.39 is 11.7 Å². The van der Waals surface area contributed by atoms with Crippen molar-refractivity contribution in [3.63, 3.8) is 0 Å². The molecule has 0 atom stereocenters. The van der Waals surface area contributed by atoms with Crippen LogP contribution in [0.3, 0.4) is 0 Å². The summed E-state index contributed by atoms with van der Waals surface area (Å²) >= 11 is 8.84. The third-order valence-electron chi connectivity index (χ3n) is 2.33. The number of rotatable bonds is 2. The number of nitrogens with one attached hydrogen (secondary N) is 1. The van der Waals surface area contributed by atoms with Gasteiger partial charge in [-0.05, 0) is 36.4 Å². The maximum absolute atomic E-state index is 13.2. The molecular weight excluding hydrogens is 337 g/mol. The van der Waals surface area contributed by atoms with Crippen LogP contribution in [0.5, 0.6) is 5.75 Å². The summed E-state index contributed by atoms with van der Waals surface area (Å²) in [5.41, 5.74) is 0.587. The number of carbonyl (C=O) groups excluding carboxylic acids is 1. The number of phenols is 1. The van der Waals surface area contributed by atoms with Crippen molar-refractivity contribution in [2.75, 3.05) is 5.32 Å². The van der Waals surface area contributed by atoms with Crippen LogP contribution in [0.4, 0.5) is 10.1 Å². The van der Waals surface area contributed by atoms with Crippen LogP contribution < -0.4 is 5.32 Å². The molecule has 19 heavy (non-hydrogen) atoms. The third-order valence-corrected chi connectivity index (χ3v) is 3.09. The maximum Gasteiger partial charge on any atom is 0.255 e. The van der Waals surface area contributed by atoms with Crippen molar-refractivity contribution >= 4 is 39.1 Å². The van der Waals surface area contributed by atoms with Gasteiger partial charge in [-0.2, -0.15) is 0 Å². The Morgan fingerprint density at radius 2 is 2.00 bits per heavy atom. The van der Waals surface area contributed by atoms with Crippen molar-refractivity contribution in [3.05, 3.63) is 57.3 Å². The van der Waals surface area contributed by atoms with Gasteiger partial charge in [-0.1, -0.05) is 27.5 Å². The first-order chi connectivity index (χ1) is 8.95. The fourth-order valence-corrected chi connectivity index (χ4v) is 2.12. The molecule has 0 aliphatic heterocycles. The summed E-state index contributed by atoms with van der Waals surface area (Å²) < 4.78 is 13.7. The summed E-state index contributed by atoms with van der Waals surface area (Å²) in [7, 11) is 0. The normalized spacial score (nSPS) is 10.3. The minimum Gasteiger partial charge on any atom is -0.506 e. The van der Waals surface area contributed by atoms with E-state index in [4.69, 9.17) is 11.6 Å². The molecule has 2 rings (SSSR count). The molecule has 0 aromatic heterocycles. The largest absolute Gasteiger partial charge is 0.506 e. The molecule has 0 radical (unpaired) electrons.